The molecule has 86 valence electrons. The highest BCUT2D eigenvalue weighted by Gasteiger charge is 2.32. The van der Waals surface area contributed by atoms with Crippen LogP contribution in [0.25, 0.3) is 0 Å². The first kappa shape index (κ1) is 11.0. The number of hydrogen-bond donors (Lipinski definition) is 1. The number of carbonyl (C=O) groups is 1. The molecule has 16 heavy (non-hydrogen) atoms. The molecule has 1 aromatic rings. The largest absolute Gasteiger partial charge is 0.392 e. The first-order valence-electron chi connectivity index (χ1n) is 5.39. The minimum Gasteiger partial charge on any atom is -0.392 e. The zero-order valence-corrected chi connectivity index (χ0v) is 9.55. The van der Waals surface area contributed by atoms with Crippen LogP contribution in [0.5, 0.6) is 0 Å². The van der Waals surface area contributed by atoms with Crippen LogP contribution in [0.3, 0.4) is 0 Å². The highest BCUT2D eigenvalue weighted by molar-refractivity contribution is 5.82. The Morgan fingerprint density at radius 1 is 1.50 bits per heavy atom. The molecule has 0 bridgehead atoms. The summed E-state index contributed by atoms with van der Waals surface area (Å²) in [5, 5.41) is 12.7. The number of aliphatic hydroxyl groups is 1. The number of nitrogens with zero attached hydrogens (tertiary/aromatic N) is 2. The van der Waals surface area contributed by atoms with E-state index in [2.05, 4.69) is 0 Å². The van der Waals surface area contributed by atoms with Crippen molar-refractivity contribution in [3.8, 4) is 0 Å². The van der Waals surface area contributed by atoms with Gasteiger partial charge in [-0.2, -0.15) is 0 Å². The monoisotopic (exact) mass is 220 g/mol. The molecule has 2 rings (SSSR count). The fraction of sp³-hybridized carbons (Fsp3) is 0.417. The van der Waals surface area contributed by atoms with Gasteiger partial charge in [0.25, 0.3) is 0 Å². The van der Waals surface area contributed by atoms with Gasteiger partial charge in [-0.1, -0.05) is 12.1 Å². The molecule has 1 unspecified atom stereocenters. The number of hydrogen-bond acceptors (Lipinski definition) is 3. The SMILES string of the molecule is CC1CC(=O)N(C)N1c1cccc(CO)c1. The highest BCUT2D eigenvalue weighted by Crippen LogP contribution is 2.26. The van der Waals surface area contributed by atoms with Crippen molar-refractivity contribution in [1.82, 2.24) is 5.01 Å². The standard InChI is InChI=1S/C12H16N2O2/c1-9-6-12(16)13(2)14(9)11-5-3-4-10(7-11)8-15/h3-5,7,9,15H,6,8H2,1-2H3. The van der Waals surface area contributed by atoms with Crippen LogP contribution < -0.4 is 5.01 Å². The Kier molecular flexibility index (Phi) is 2.83. The second-order valence-electron chi connectivity index (χ2n) is 4.14. The van der Waals surface area contributed by atoms with E-state index in [1.54, 1.807) is 12.1 Å². The molecule has 0 radical (unpaired) electrons. The van der Waals surface area contributed by atoms with Crippen LogP contribution in [0.1, 0.15) is 18.9 Å². The first-order chi connectivity index (χ1) is 7.63. The van der Waals surface area contributed by atoms with Gasteiger partial charge in [-0.15, -0.1) is 0 Å². The minimum atomic E-state index is 0.0215. The van der Waals surface area contributed by atoms with Crippen LogP contribution in [0.4, 0.5) is 5.69 Å². The molecule has 1 aliphatic heterocycles. The lowest BCUT2D eigenvalue weighted by Crippen LogP contribution is -2.38. The molecule has 0 saturated carbocycles. The molecule has 0 aliphatic carbocycles. The van der Waals surface area contributed by atoms with Crippen molar-refractivity contribution >= 4 is 11.6 Å². The third-order valence-corrected chi connectivity index (χ3v) is 2.93. The molecule has 1 aromatic carbocycles. The molecular formula is C12H16N2O2. The lowest BCUT2D eigenvalue weighted by atomic mass is 10.2. The predicted octanol–water partition coefficient (Wildman–Crippen LogP) is 1.15. The summed E-state index contributed by atoms with van der Waals surface area (Å²) in [7, 11) is 1.78. The normalized spacial score (nSPS) is 20.7. The summed E-state index contributed by atoms with van der Waals surface area (Å²) in [5.74, 6) is 0.127. The number of carbonyl (C=O) groups excluding carboxylic acids is 1. The average molecular weight is 220 g/mol. The molecule has 4 heteroatoms. The molecule has 1 saturated heterocycles. The van der Waals surface area contributed by atoms with E-state index in [1.165, 1.54) is 0 Å². The zero-order valence-electron chi connectivity index (χ0n) is 9.55. The molecule has 0 spiro atoms. The van der Waals surface area contributed by atoms with Gasteiger partial charge >= 0.3 is 0 Å². The Balaban J connectivity index is 2.32. The topological polar surface area (TPSA) is 43.8 Å². The van der Waals surface area contributed by atoms with Gasteiger partial charge in [0.1, 0.15) is 0 Å². The van der Waals surface area contributed by atoms with Crippen LogP contribution in [0.2, 0.25) is 0 Å². The second kappa shape index (κ2) is 4.14. The van der Waals surface area contributed by atoms with E-state index in [4.69, 9.17) is 5.11 Å². The number of rotatable bonds is 2. The highest BCUT2D eigenvalue weighted by atomic mass is 16.3. The zero-order chi connectivity index (χ0) is 11.7. The van der Waals surface area contributed by atoms with Crippen molar-refractivity contribution in [2.24, 2.45) is 0 Å². The van der Waals surface area contributed by atoms with E-state index in [9.17, 15) is 4.79 Å². The Labute approximate surface area is 95.1 Å². The van der Waals surface area contributed by atoms with E-state index < -0.39 is 0 Å². The van der Waals surface area contributed by atoms with Gasteiger partial charge in [0.05, 0.1) is 24.8 Å². The second-order valence-corrected chi connectivity index (χ2v) is 4.14. The fourth-order valence-corrected chi connectivity index (χ4v) is 2.11. The van der Waals surface area contributed by atoms with Crippen LogP contribution in [0, 0.1) is 0 Å². The van der Waals surface area contributed by atoms with Crippen molar-refractivity contribution < 1.29 is 9.90 Å². The molecule has 1 amide bonds. The van der Waals surface area contributed by atoms with Crippen molar-refractivity contribution in [3.63, 3.8) is 0 Å². The summed E-state index contributed by atoms with van der Waals surface area (Å²) in [5.41, 5.74) is 1.81. The van der Waals surface area contributed by atoms with Crippen LogP contribution in [0.15, 0.2) is 24.3 Å². The number of amides is 1. The van der Waals surface area contributed by atoms with E-state index >= 15 is 0 Å². The average Bonchev–Trinajstić information content (AvgIpc) is 2.53. The van der Waals surface area contributed by atoms with E-state index in [0.29, 0.717) is 6.42 Å². The number of hydrazine groups is 1. The molecular weight excluding hydrogens is 204 g/mol. The van der Waals surface area contributed by atoms with Gasteiger partial charge in [0.2, 0.25) is 5.91 Å². The lowest BCUT2D eigenvalue weighted by molar-refractivity contribution is -0.126. The summed E-state index contributed by atoms with van der Waals surface area (Å²) in [6.45, 7) is 2.04. The minimum absolute atomic E-state index is 0.0215. The van der Waals surface area contributed by atoms with Crippen molar-refractivity contribution in [1.29, 1.82) is 0 Å². The van der Waals surface area contributed by atoms with Crippen LogP contribution in [-0.2, 0) is 11.4 Å². The Morgan fingerprint density at radius 2 is 2.25 bits per heavy atom. The third-order valence-electron chi connectivity index (χ3n) is 2.93. The molecule has 1 N–H and O–H groups in total. The summed E-state index contributed by atoms with van der Waals surface area (Å²) in [6, 6.07) is 7.79. The number of benzene rings is 1. The summed E-state index contributed by atoms with van der Waals surface area (Å²) < 4.78 is 0. The summed E-state index contributed by atoms with van der Waals surface area (Å²) in [4.78, 5) is 11.6. The molecule has 0 aromatic heterocycles. The first-order valence-corrected chi connectivity index (χ1v) is 5.39. The van der Waals surface area contributed by atoms with Crippen molar-refractivity contribution in [3.05, 3.63) is 29.8 Å². The maximum atomic E-state index is 11.6. The lowest BCUT2D eigenvalue weighted by Gasteiger charge is -2.30. The fourth-order valence-electron chi connectivity index (χ4n) is 2.11. The van der Waals surface area contributed by atoms with Crippen LogP contribution >= 0.6 is 0 Å². The van der Waals surface area contributed by atoms with E-state index in [0.717, 1.165) is 11.3 Å². The van der Waals surface area contributed by atoms with Crippen molar-refractivity contribution in [2.45, 2.75) is 26.0 Å². The number of aliphatic hydroxyl groups excluding tert-OH is 1. The third kappa shape index (κ3) is 1.76. The number of anilines is 1. The van der Waals surface area contributed by atoms with Gasteiger partial charge in [-0.3, -0.25) is 14.8 Å². The molecule has 4 nitrogen and oxygen atoms in total. The summed E-state index contributed by atoms with van der Waals surface area (Å²) >= 11 is 0. The molecule has 1 heterocycles. The van der Waals surface area contributed by atoms with Gasteiger partial charge in [-0.25, -0.2) is 0 Å². The van der Waals surface area contributed by atoms with Gasteiger partial charge < -0.3 is 5.11 Å². The predicted molar refractivity (Wildman–Crippen MR) is 61.7 cm³/mol. The van der Waals surface area contributed by atoms with Crippen LogP contribution in [-0.4, -0.2) is 29.1 Å². The summed E-state index contributed by atoms with van der Waals surface area (Å²) in [6.07, 6.45) is 0.542. The Bertz CT molecular complexity index is 406. The maximum absolute atomic E-state index is 11.6. The maximum Gasteiger partial charge on any atom is 0.242 e. The van der Waals surface area contributed by atoms with Crippen molar-refractivity contribution in [2.75, 3.05) is 12.1 Å². The Morgan fingerprint density at radius 3 is 2.81 bits per heavy atom. The quantitative estimate of drug-likeness (QED) is 0.813. The molecule has 1 atom stereocenters. The van der Waals surface area contributed by atoms with Gasteiger partial charge in [0, 0.05) is 7.05 Å². The van der Waals surface area contributed by atoms with Gasteiger partial charge in [0.15, 0.2) is 0 Å². The molecule has 1 aliphatic rings. The molecule has 1 fully saturated rings. The van der Waals surface area contributed by atoms with E-state index in [1.807, 2.05) is 36.2 Å². The smallest absolute Gasteiger partial charge is 0.242 e. The Hall–Kier alpha value is -1.55. The van der Waals surface area contributed by atoms with E-state index in [-0.39, 0.29) is 18.6 Å². The van der Waals surface area contributed by atoms with Gasteiger partial charge in [-0.05, 0) is 24.6 Å².